The fourth-order valence-electron chi connectivity index (χ4n) is 6.06. The zero-order valence-electron chi connectivity index (χ0n) is 22.6. The third-order valence-electron chi connectivity index (χ3n) is 8.30. The number of halogens is 3. The molecule has 7 nitrogen and oxygen atoms in total. The molecule has 216 valence electrons. The lowest BCUT2D eigenvalue weighted by Crippen LogP contribution is -2.21. The van der Waals surface area contributed by atoms with E-state index >= 15 is 0 Å². The van der Waals surface area contributed by atoms with Crippen molar-refractivity contribution in [1.29, 1.82) is 0 Å². The van der Waals surface area contributed by atoms with Gasteiger partial charge in [-0.15, -0.1) is 0 Å². The number of rotatable bonds is 5. The van der Waals surface area contributed by atoms with Crippen molar-refractivity contribution in [2.45, 2.75) is 43.3 Å². The number of H-pyrrole nitrogens is 1. The first-order valence-electron chi connectivity index (χ1n) is 13.8. The number of amides is 1. The van der Waals surface area contributed by atoms with E-state index in [1.807, 2.05) is 18.2 Å². The van der Waals surface area contributed by atoms with Crippen LogP contribution in [0.3, 0.4) is 0 Å². The second-order valence-electron chi connectivity index (χ2n) is 11.0. The number of carboxylic acid groups (broad SMARTS) is 1. The lowest BCUT2D eigenvalue weighted by atomic mass is 9.92. The average molecular weight is 575 g/mol. The number of carbonyl (C=O) groups excluding carboxylic acids is 1. The van der Waals surface area contributed by atoms with Crippen molar-refractivity contribution in [2.24, 2.45) is 0 Å². The van der Waals surface area contributed by atoms with Gasteiger partial charge in [-0.25, -0.2) is 4.79 Å². The number of aliphatic carboxylic acids is 1. The quantitative estimate of drug-likeness (QED) is 0.259. The highest BCUT2D eigenvalue weighted by molar-refractivity contribution is 6.09. The van der Waals surface area contributed by atoms with Crippen LogP contribution in [0.1, 0.15) is 53.1 Å². The number of para-hydroxylation sites is 1. The average Bonchev–Trinajstić information content (AvgIpc) is 3.21. The molecule has 1 aliphatic carbocycles. The topological polar surface area (TPSA) is 98.3 Å². The number of carboxylic acids is 1. The van der Waals surface area contributed by atoms with Gasteiger partial charge in [0.25, 0.3) is 0 Å². The first-order chi connectivity index (χ1) is 20.1. The van der Waals surface area contributed by atoms with Gasteiger partial charge in [-0.3, -0.25) is 14.8 Å². The van der Waals surface area contributed by atoms with Crippen LogP contribution < -0.4 is 5.32 Å². The number of benzene rings is 3. The predicted octanol–water partition coefficient (Wildman–Crippen LogP) is 6.34. The highest BCUT2D eigenvalue weighted by Crippen LogP contribution is 2.65. The summed E-state index contributed by atoms with van der Waals surface area (Å²) in [7, 11) is 0. The standard InChI is InChI=1S/C30H28N4O.C2HF3O2/c35-29-30(24-5-1-2-6-27(24)31-29)18-25(30)22-12-13-23-26(32-33-28(23)17-22)14-11-20-7-9-21(10-8-20)19-34-15-3-4-16-34;3-2(4,5)1(6)7/h1-2,5-14,17,25H,3-4,15-16,18-19H2,(H,31,35)(H,32,33);(H,6,7)/b14-11+;. The second kappa shape index (κ2) is 10.8. The number of anilines is 1. The van der Waals surface area contributed by atoms with E-state index in [9.17, 15) is 18.0 Å². The van der Waals surface area contributed by atoms with Gasteiger partial charge in [0.2, 0.25) is 5.91 Å². The summed E-state index contributed by atoms with van der Waals surface area (Å²) in [5, 5.41) is 19.1. The smallest absolute Gasteiger partial charge is 0.475 e. The molecule has 3 aliphatic rings. The minimum Gasteiger partial charge on any atom is -0.475 e. The summed E-state index contributed by atoms with van der Waals surface area (Å²) in [6.07, 6.45) is 2.62. The molecule has 0 bridgehead atoms. The molecule has 7 rings (SSSR count). The first-order valence-corrected chi connectivity index (χ1v) is 13.8. The zero-order chi connectivity index (χ0) is 29.5. The van der Waals surface area contributed by atoms with E-state index in [1.165, 1.54) is 42.6 Å². The van der Waals surface area contributed by atoms with E-state index in [1.54, 1.807) is 0 Å². The highest BCUT2D eigenvalue weighted by Gasteiger charge is 2.65. The van der Waals surface area contributed by atoms with Gasteiger partial charge >= 0.3 is 12.1 Å². The fraction of sp³-hybridized carbons (Fsp3) is 0.281. The van der Waals surface area contributed by atoms with Crippen LogP contribution in [0.4, 0.5) is 18.9 Å². The summed E-state index contributed by atoms with van der Waals surface area (Å²) >= 11 is 0. The molecule has 1 saturated heterocycles. The summed E-state index contributed by atoms with van der Waals surface area (Å²) in [5.41, 5.74) is 7.37. The molecule has 3 N–H and O–H groups in total. The van der Waals surface area contributed by atoms with Gasteiger partial charge in [-0.1, -0.05) is 60.7 Å². The molecule has 42 heavy (non-hydrogen) atoms. The van der Waals surface area contributed by atoms with Crippen molar-refractivity contribution in [1.82, 2.24) is 15.1 Å². The number of alkyl halides is 3. The van der Waals surface area contributed by atoms with Crippen LogP contribution in [0.2, 0.25) is 0 Å². The summed E-state index contributed by atoms with van der Waals surface area (Å²) in [5.74, 6) is -2.42. The van der Waals surface area contributed by atoms with Gasteiger partial charge in [0.1, 0.15) is 0 Å². The maximum Gasteiger partial charge on any atom is 0.490 e. The molecular weight excluding hydrogens is 545 g/mol. The molecule has 2 atom stereocenters. The lowest BCUT2D eigenvalue weighted by molar-refractivity contribution is -0.192. The summed E-state index contributed by atoms with van der Waals surface area (Å²) in [6, 6.07) is 23.4. The number of hydrogen-bond donors (Lipinski definition) is 3. The van der Waals surface area contributed by atoms with Crippen molar-refractivity contribution in [2.75, 3.05) is 18.4 Å². The first kappa shape index (κ1) is 27.7. The van der Waals surface area contributed by atoms with Crippen molar-refractivity contribution in [3.05, 3.63) is 94.7 Å². The number of carbonyl (C=O) groups is 2. The number of hydrogen-bond acceptors (Lipinski definition) is 4. The van der Waals surface area contributed by atoms with Crippen molar-refractivity contribution in [3.63, 3.8) is 0 Å². The Morgan fingerprint density at radius 2 is 1.76 bits per heavy atom. The Balaban J connectivity index is 0.000000405. The van der Waals surface area contributed by atoms with Crippen LogP contribution in [0.15, 0.2) is 66.7 Å². The van der Waals surface area contributed by atoms with Crippen molar-refractivity contribution in [3.8, 4) is 0 Å². The number of nitrogens with one attached hydrogen (secondary N) is 2. The summed E-state index contributed by atoms with van der Waals surface area (Å²) in [6.45, 7) is 3.49. The van der Waals surface area contributed by atoms with Gasteiger partial charge in [0, 0.05) is 23.5 Å². The molecular formula is C32H29F3N4O3. The van der Waals surface area contributed by atoms with Crippen molar-refractivity contribution < 1.29 is 27.9 Å². The van der Waals surface area contributed by atoms with Crippen LogP contribution in [0.5, 0.6) is 0 Å². The van der Waals surface area contributed by atoms with E-state index in [0.717, 1.165) is 40.8 Å². The maximum absolute atomic E-state index is 12.9. The molecule has 10 heteroatoms. The van der Waals surface area contributed by atoms with Crippen molar-refractivity contribution >= 4 is 40.6 Å². The SMILES string of the molecule is O=C(O)C(F)(F)F.O=C1Nc2ccccc2C12CC2c1ccc2c(/C=C/c3ccc(CN4CCCC4)cc3)n[nH]c2c1. The third kappa shape index (κ3) is 5.30. The minimum atomic E-state index is -5.08. The molecule has 4 aromatic rings. The Hall–Kier alpha value is -4.44. The molecule has 2 aliphatic heterocycles. The monoisotopic (exact) mass is 574 g/mol. The Morgan fingerprint density at radius 1 is 1.05 bits per heavy atom. The van der Waals surface area contributed by atoms with E-state index < -0.39 is 17.6 Å². The molecule has 1 aromatic heterocycles. The second-order valence-corrected chi connectivity index (χ2v) is 11.0. The largest absolute Gasteiger partial charge is 0.490 e. The van der Waals surface area contributed by atoms with Gasteiger partial charge in [-0.05, 0) is 72.8 Å². The fourth-order valence-corrected chi connectivity index (χ4v) is 6.06. The molecule has 1 saturated carbocycles. The van der Waals surface area contributed by atoms with Crippen LogP contribution in [-0.4, -0.2) is 51.3 Å². The minimum absolute atomic E-state index is 0.128. The van der Waals surface area contributed by atoms with Crippen LogP contribution in [-0.2, 0) is 21.5 Å². The molecule has 3 aromatic carbocycles. The number of aromatic amines is 1. The third-order valence-corrected chi connectivity index (χ3v) is 8.30. The van der Waals surface area contributed by atoms with E-state index in [-0.39, 0.29) is 11.8 Å². The molecule has 1 amide bonds. The van der Waals surface area contributed by atoms with Gasteiger partial charge < -0.3 is 10.4 Å². The Kier molecular flexibility index (Phi) is 7.10. The lowest BCUT2D eigenvalue weighted by Gasteiger charge is -2.14. The zero-order valence-corrected chi connectivity index (χ0v) is 22.6. The number of aromatic nitrogens is 2. The van der Waals surface area contributed by atoms with E-state index in [2.05, 4.69) is 81.1 Å². The van der Waals surface area contributed by atoms with Gasteiger partial charge in [-0.2, -0.15) is 18.3 Å². The number of nitrogens with zero attached hydrogens (tertiary/aromatic N) is 2. The molecule has 0 radical (unpaired) electrons. The number of fused-ring (bicyclic) bond motifs is 3. The molecule has 2 unspecified atom stereocenters. The normalized spacial score (nSPS) is 21.4. The van der Waals surface area contributed by atoms with Crippen LogP contribution in [0.25, 0.3) is 23.1 Å². The predicted molar refractivity (Wildman–Crippen MR) is 154 cm³/mol. The van der Waals surface area contributed by atoms with E-state index in [4.69, 9.17) is 9.90 Å². The van der Waals surface area contributed by atoms with Gasteiger partial charge in [0.15, 0.2) is 0 Å². The Bertz CT molecular complexity index is 1670. The van der Waals surface area contributed by atoms with Crippen LogP contribution in [0, 0.1) is 0 Å². The Morgan fingerprint density at radius 3 is 2.48 bits per heavy atom. The summed E-state index contributed by atoms with van der Waals surface area (Å²) in [4.78, 5) is 24.3. The number of likely N-dealkylation sites (tertiary alicyclic amines) is 1. The summed E-state index contributed by atoms with van der Waals surface area (Å²) < 4.78 is 31.7. The van der Waals surface area contributed by atoms with Crippen LogP contribution >= 0.6 is 0 Å². The molecule has 3 heterocycles. The highest BCUT2D eigenvalue weighted by atomic mass is 19.4. The Labute approximate surface area is 240 Å². The molecule has 1 spiro atoms. The molecule has 2 fully saturated rings. The van der Waals surface area contributed by atoms with E-state index in [0.29, 0.717) is 0 Å². The van der Waals surface area contributed by atoms with Gasteiger partial charge in [0.05, 0.1) is 16.6 Å². The maximum atomic E-state index is 12.9.